The molecule has 1 heterocycles. The number of thioether (sulfide) groups is 1. The maximum absolute atomic E-state index is 15.0. The zero-order chi connectivity index (χ0) is 29.3. The quantitative estimate of drug-likeness (QED) is 0.202. The molecular weight excluding hydrogens is 582 g/mol. The Hall–Kier alpha value is -2.65. The van der Waals surface area contributed by atoms with Gasteiger partial charge in [0.05, 0.1) is 22.2 Å². The molecule has 0 radical (unpaired) electrons. The fourth-order valence-electron chi connectivity index (χ4n) is 5.66. The van der Waals surface area contributed by atoms with E-state index in [1.165, 1.54) is 6.92 Å². The lowest BCUT2D eigenvalue weighted by Gasteiger charge is -2.37. The second kappa shape index (κ2) is 12.7. The van der Waals surface area contributed by atoms with Crippen LogP contribution in [0.2, 0.25) is 5.02 Å². The molecule has 0 atom stereocenters. The lowest BCUT2D eigenvalue weighted by Crippen LogP contribution is -2.44. The average Bonchev–Trinajstić information content (AvgIpc) is 3.36. The van der Waals surface area contributed by atoms with Crippen molar-refractivity contribution in [3.8, 4) is 16.9 Å². The second-order valence-electron chi connectivity index (χ2n) is 10.4. The highest BCUT2D eigenvalue weighted by Crippen LogP contribution is 2.41. The number of nitrogens with one attached hydrogen (secondary N) is 1. The molecule has 1 aliphatic carbocycles. The number of aryl methyl sites for hydroxylation is 1. The Balaban J connectivity index is 1.57. The maximum atomic E-state index is 15.0. The summed E-state index contributed by atoms with van der Waals surface area (Å²) in [6, 6.07) is 15.8. The summed E-state index contributed by atoms with van der Waals surface area (Å²) in [6.07, 6.45) is 5.50. The molecule has 5 rings (SSSR count). The van der Waals surface area contributed by atoms with Crippen LogP contribution in [-0.2, 0) is 6.54 Å². The van der Waals surface area contributed by atoms with Gasteiger partial charge in [0.25, 0.3) is 5.91 Å². The predicted molar refractivity (Wildman–Crippen MR) is 167 cm³/mol. The molecule has 0 bridgehead atoms. The zero-order valence-electron chi connectivity index (χ0n) is 23.5. The normalized spacial score (nSPS) is 17.1. The number of amides is 1. The van der Waals surface area contributed by atoms with Gasteiger partial charge < -0.3 is 15.0 Å². The fourth-order valence-corrected chi connectivity index (χ4v) is 7.71. The first-order valence-corrected chi connectivity index (χ1v) is 16.0. The first-order valence-electron chi connectivity index (χ1n) is 13.6. The third-order valence-corrected chi connectivity index (χ3v) is 10.4. The van der Waals surface area contributed by atoms with E-state index >= 15 is 4.39 Å². The number of rotatable bonds is 8. The molecule has 1 N–H and O–H groups in total. The largest absolute Gasteiger partial charge is 0.496 e. The van der Waals surface area contributed by atoms with E-state index in [4.69, 9.17) is 16.3 Å². The van der Waals surface area contributed by atoms with Crippen LogP contribution >= 0.6 is 34.7 Å². The van der Waals surface area contributed by atoms with Crippen LogP contribution in [0.25, 0.3) is 21.2 Å². The molecule has 4 nitrogen and oxygen atoms in total. The summed E-state index contributed by atoms with van der Waals surface area (Å²) in [6.45, 7) is 1.79. The van der Waals surface area contributed by atoms with Gasteiger partial charge in [-0.3, -0.25) is 4.79 Å². The molecule has 0 unspecified atom stereocenters. The standard InChI is InChI=1S/C32H33ClF2N2O2S2/c1-18-14-25(34)27-28(33)31(41-30(27)29(18)35)32(38)37(23-11-9-22(36-2)10-12-23)17-21-15-20(8-13-26(21)39-3)19-6-5-7-24(16-19)40-4/h5-8,13-16,22-23,36H,9-12,17H2,1-4H3. The smallest absolute Gasteiger partial charge is 0.266 e. The molecule has 0 spiro atoms. The van der Waals surface area contributed by atoms with Crippen LogP contribution in [0.4, 0.5) is 8.78 Å². The van der Waals surface area contributed by atoms with Gasteiger partial charge in [0.15, 0.2) is 0 Å². The molecule has 1 amide bonds. The van der Waals surface area contributed by atoms with Gasteiger partial charge in [-0.1, -0.05) is 29.8 Å². The highest BCUT2D eigenvalue weighted by Gasteiger charge is 2.33. The van der Waals surface area contributed by atoms with Crippen molar-refractivity contribution in [2.75, 3.05) is 20.4 Å². The number of fused-ring (bicyclic) bond motifs is 1. The number of hydrogen-bond acceptors (Lipinski definition) is 5. The van der Waals surface area contributed by atoms with E-state index in [2.05, 4.69) is 29.6 Å². The minimum Gasteiger partial charge on any atom is -0.496 e. The number of hydrogen-bond donors (Lipinski definition) is 1. The third kappa shape index (κ3) is 5.98. The van der Waals surface area contributed by atoms with Gasteiger partial charge in [0, 0.05) is 29.1 Å². The van der Waals surface area contributed by atoms with Crippen molar-refractivity contribution in [1.29, 1.82) is 0 Å². The van der Waals surface area contributed by atoms with Gasteiger partial charge >= 0.3 is 0 Å². The summed E-state index contributed by atoms with van der Waals surface area (Å²) >= 11 is 9.23. The van der Waals surface area contributed by atoms with E-state index in [9.17, 15) is 9.18 Å². The molecule has 3 aromatic carbocycles. The molecule has 9 heteroatoms. The van der Waals surface area contributed by atoms with Gasteiger partial charge in [-0.25, -0.2) is 8.78 Å². The highest BCUT2D eigenvalue weighted by molar-refractivity contribution is 7.98. The van der Waals surface area contributed by atoms with Gasteiger partial charge in [-0.15, -0.1) is 23.1 Å². The number of methoxy groups -OCH3 is 1. The molecule has 0 aliphatic heterocycles. The first kappa shape index (κ1) is 29.8. The van der Waals surface area contributed by atoms with E-state index in [0.717, 1.165) is 64.7 Å². The van der Waals surface area contributed by atoms with Crippen molar-refractivity contribution < 1.29 is 18.3 Å². The molecule has 1 aliphatic rings. The van der Waals surface area contributed by atoms with E-state index < -0.39 is 11.6 Å². The minimum absolute atomic E-state index is 0.0322. The van der Waals surface area contributed by atoms with E-state index in [1.807, 2.05) is 36.4 Å². The minimum atomic E-state index is -0.623. The number of ether oxygens (including phenoxy) is 1. The number of carbonyl (C=O) groups excluding carboxylic acids is 1. The monoisotopic (exact) mass is 614 g/mol. The van der Waals surface area contributed by atoms with E-state index in [0.29, 0.717) is 11.8 Å². The Kier molecular flexibility index (Phi) is 9.24. The van der Waals surface area contributed by atoms with Crippen molar-refractivity contribution in [1.82, 2.24) is 10.2 Å². The van der Waals surface area contributed by atoms with Gasteiger partial charge in [-0.05, 0) is 92.9 Å². The Morgan fingerprint density at radius 1 is 1.12 bits per heavy atom. The molecule has 216 valence electrons. The summed E-state index contributed by atoms with van der Waals surface area (Å²) < 4.78 is 35.7. The molecule has 4 aromatic rings. The van der Waals surface area contributed by atoms with Crippen molar-refractivity contribution in [3.05, 3.63) is 81.2 Å². The Labute approximate surface area is 253 Å². The second-order valence-corrected chi connectivity index (χ2v) is 12.7. The maximum Gasteiger partial charge on any atom is 0.266 e. The number of benzene rings is 3. The van der Waals surface area contributed by atoms with Crippen LogP contribution in [0.1, 0.15) is 46.5 Å². The topological polar surface area (TPSA) is 41.6 Å². The fraction of sp³-hybridized carbons (Fsp3) is 0.344. The van der Waals surface area contributed by atoms with Crippen LogP contribution in [0.15, 0.2) is 53.4 Å². The van der Waals surface area contributed by atoms with Gasteiger partial charge in [0.2, 0.25) is 0 Å². The summed E-state index contributed by atoms with van der Waals surface area (Å²) in [5.74, 6) is -0.818. The average molecular weight is 615 g/mol. The first-order chi connectivity index (χ1) is 19.7. The zero-order valence-corrected chi connectivity index (χ0v) is 25.9. The lowest BCUT2D eigenvalue weighted by molar-refractivity contribution is 0.0604. The van der Waals surface area contributed by atoms with Crippen LogP contribution in [0.5, 0.6) is 5.75 Å². The lowest BCUT2D eigenvalue weighted by atomic mass is 9.89. The summed E-state index contributed by atoms with van der Waals surface area (Å²) in [7, 11) is 3.58. The van der Waals surface area contributed by atoms with Gasteiger partial charge in [-0.2, -0.15) is 0 Å². The molecule has 0 saturated heterocycles. The van der Waals surface area contributed by atoms with E-state index in [1.54, 1.807) is 18.9 Å². The summed E-state index contributed by atoms with van der Waals surface area (Å²) in [5.41, 5.74) is 3.12. The molecular formula is C32H33ClF2N2O2S2. The summed E-state index contributed by atoms with van der Waals surface area (Å²) in [4.78, 5) is 17.4. The third-order valence-electron chi connectivity index (χ3n) is 8.00. The number of thiophene rings is 1. The van der Waals surface area contributed by atoms with Crippen LogP contribution in [0, 0.1) is 18.6 Å². The van der Waals surface area contributed by atoms with Crippen molar-refractivity contribution >= 4 is 50.7 Å². The molecule has 1 aromatic heterocycles. The van der Waals surface area contributed by atoms with Crippen LogP contribution in [0.3, 0.4) is 0 Å². The van der Waals surface area contributed by atoms with E-state index in [-0.39, 0.29) is 44.0 Å². The van der Waals surface area contributed by atoms with Crippen LogP contribution < -0.4 is 10.1 Å². The number of nitrogens with zero attached hydrogens (tertiary/aromatic N) is 1. The number of carbonyl (C=O) groups is 1. The summed E-state index contributed by atoms with van der Waals surface area (Å²) in [5, 5.41) is 3.28. The predicted octanol–water partition coefficient (Wildman–Crippen LogP) is 8.71. The molecule has 41 heavy (non-hydrogen) atoms. The van der Waals surface area contributed by atoms with Crippen molar-refractivity contribution in [3.63, 3.8) is 0 Å². The Morgan fingerprint density at radius 3 is 2.54 bits per heavy atom. The Bertz CT molecular complexity index is 1580. The van der Waals surface area contributed by atoms with Crippen LogP contribution in [-0.4, -0.2) is 43.3 Å². The molecule has 1 saturated carbocycles. The van der Waals surface area contributed by atoms with Crippen molar-refractivity contribution in [2.45, 2.75) is 56.1 Å². The van der Waals surface area contributed by atoms with Crippen molar-refractivity contribution in [2.24, 2.45) is 0 Å². The SMILES string of the molecule is CNC1CCC(N(Cc2cc(-c3cccc(SC)c3)ccc2OC)C(=O)c2sc3c(F)c(C)cc(F)c3c2Cl)CC1. The molecule has 1 fully saturated rings. The highest BCUT2D eigenvalue weighted by atomic mass is 35.5. The Morgan fingerprint density at radius 2 is 1.85 bits per heavy atom. The van der Waals surface area contributed by atoms with Gasteiger partial charge in [0.1, 0.15) is 22.3 Å². The number of halogens is 3.